The van der Waals surface area contributed by atoms with Gasteiger partial charge in [0.1, 0.15) is 36.3 Å². The number of aliphatic hydroxyl groups excluding tert-OH is 1. The maximum atomic E-state index is 13.6. The largest absolute Gasteiger partial charge is 0.481 e. The van der Waals surface area contributed by atoms with Gasteiger partial charge in [0.2, 0.25) is 41.4 Å². The van der Waals surface area contributed by atoms with Crippen molar-refractivity contribution in [3.05, 3.63) is 0 Å². The van der Waals surface area contributed by atoms with Crippen LogP contribution in [0.25, 0.3) is 0 Å². The molecule has 0 aliphatic heterocycles. The standard InChI is InChI=1S/C33H59N11O12S/c1-6-15(4)24(43-26(49)17(9-10-22(47)48)39-29(52)23(35)14(2)3)30(53)41-19(12-21(34)46)27(50)42-20(13-57)28(51)44-25(16(5)45)31(54)40-18(32(55)56)8-7-11-38-33(36)37/h14-20,23-25,45,57H,6-13,35H2,1-5H3,(H2,34,46)(H,39,52)(H,40,54)(H,41,53)(H,42,50)(H,43,49)(H,44,51)(H,47,48)(H,55,56)(H4,36,37,38)/t15-,16+,17-,18-,19-,20-,23-,24-,25-/m0/s1. The van der Waals surface area contributed by atoms with Crippen LogP contribution < -0.4 is 54.8 Å². The number of guanidine groups is 1. The molecule has 0 saturated heterocycles. The van der Waals surface area contributed by atoms with Gasteiger partial charge in [-0.2, -0.15) is 12.6 Å². The first-order valence-corrected chi connectivity index (χ1v) is 18.7. The molecule has 9 atom stereocenters. The Morgan fingerprint density at radius 1 is 0.667 bits per heavy atom. The molecular formula is C33H59N11O12S. The van der Waals surface area contributed by atoms with Gasteiger partial charge in [-0.15, -0.1) is 0 Å². The molecular weight excluding hydrogens is 774 g/mol. The van der Waals surface area contributed by atoms with E-state index in [1.54, 1.807) is 27.7 Å². The van der Waals surface area contributed by atoms with Gasteiger partial charge in [0.25, 0.3) is 0 Å². The number of hydrogen-bond acceptors (Lipinski definition) is 13. The molecule has 0 aromatic heterocycles. The summed E-state index contributed by atoms with van der Waals surface area (Å²) < 4.78 is 0. The summed E-state index contributed by atoms with van der Waals surface area (Å²) in [4.78, 5) is 118. The Bertz CT molecular complexity index is 1460. The van der Waals surface area contributed by atoms with Gasteiger partial charge in [-0.1, -0.05) is 34.1 Å². The molecule has 0 rings (SSSR count). The third-order valence-corrected chi connectivity index (χ3v) is 8.94. The average Bonchev–Trinajstić information content (AvgIpc) is 3.12. The van der Waals surface area contributed by atoms with Crippen molar-refractivity contribution in [1.29, 1.82) is 0 Å². The normalized spacial score (nSPS) is 15.7. The van der Waals surface area contributed by atoms with Crippen LogP contribution in [0.15, 0.2) is 4.99 Å². The summed E-state index contributed by atoms with van der Waals surface area (Å²) in [5.74, 6) is -11.2. The van der Waals surface area contributed by atoms with E-state index >= 15 is 0 Å². The Labute approximate surface area is 335 Å². The van der Waals surface area contributed by atoms with Crippen molar-refractivity contribution in [2.75, 3.05) is 12.3 Å². The van der Waals surface area contributed by atoms with Crippen LogP contribution in [0.4, 0.5) is 0 Å². The van der Waals surface area contributed by atoms with Crippen molar-refractivity contribution in [1.82, 2.24) is 31.9 Å². The SMILES string of the molecule is CC[C@H](C)[C@H](NC(=O)[C@H](CCC(=O)O)NC(=O)[C@@H](N)C(C)C)C(=O)N[C@@H](CC(N)=O)C(=O)N[C@@H](CS)C(=O)N[C@H](C(=O)N[C@@H](CCCN=C(N)N)C(=O)O)[C@@H](C)O. The van der Waals surface area contributed by atoms with Crippen molar-refractivity contribution < 1.29 is 58.5 Å². The molecule has 17 N–H and O–H groups in total. The molecule has 23 nitrogen and oxygen atoms in total. The van der Waals surface area contributed by atoms with Crippen LogP contribution in [0.3, 0.4) is 0 Å². The van der Waals surface area contributed by atoms with Crippen LogP contribution in [0.1, 0.15) is 73.1 Å². The van der Waals surface area contributed by atoms with E-state index in [1.807, 2.05) is 0 Å². The number of aliphatic carboxylic acids is 2. The van der Waals surface area contributed by atoms with E-state index in [2.05, 4.69) is 49.5 Å². The summed E-state index contributed by atoms with van der Waals surface area (Å²) in [7, 11) is 0. The lowest BCUT2D eigenvalue weighted by molar-refractivity contribution is -0.143. The monoisotopic (exact) mass is 833 g/mol. The zero-order valence-corrected chi connectivity index (χ0v) is 33.5. The summed E-state index contributed by atoms with van der Waals surface area (Å²) in [6.07, 6.45) is -2.91. The zero-order chi connectivity index (χ0) is 44.2. The topological polar surface area (TPSA) is 403 Å². The number of rotatable bonds is 27. The number of carbonyl (C=O) groups excluding carboxylic acids is 7. The van der Waals surface area contributed by atoms with Crippen LogP contribution in [-0.4, -0.2) is 135 Å². The molecule has 24 heteroatoms. The number of aliphatic hydroxyl groups is 1. The van der Waals surface area contributed by atoms with E-state index < -0.39 is 126 Å². The first-order chi connectivity index (χ1) is 26.5. The van der Waals surface area contributed by atoms with Gasteiger partial charge in [0.05, 0.1) is 18.6 Å². The summed E-state index contributed by atoms with van der Waals surface area (Å²) >= 11 is 4.07. The summed E-state index contributed by atoms with van der Waals surface area (Å²) in [6.45, 7) is 7.79. The van der Waals surface area contributed by atoms with Crippen molar-refractivity contribution >= 4 is 71.9 Å². The first kappa shape index (κ1) is 51.8. The number of primary amides is 1. The molecule has 0 aromatic carbocycles. The molecule has 0 aliphatic carbocycles. The number of thiol groups is 1. The second kappa shape index (κ2) is 25.8. The van der Waals surface area contributed by atoms with E-state index in [1.165, 1.54) is 0 Å². The quantitative estimate of drug-likeness (QED) is 0.0160. The van der Waals surface area contributed by atoms with Crippen LogP contribution in [-0.2, 0) is 43.2 Å². The van der Waals surface area contributed by atoms with Gasteiger partial charge < -0.3 is 70.2 Å². The van der Waals surface area contributed by atoms with Gasteiger partial charge in [0, 0.05) is 18.7 Å². The van der Waals surface area contributed by atoms with E-state index in [9.17, 15) is 58.5 Å². The minimum absolute atomic E-state index is 0.0643. The van der Waals surface area contributed by atoms with Gasteiger partial charge in [-0.3, -0.25) is 43.3 Å². The second-order valence-electron chi connectivity index (χ2n) is 13.7. The Morgan fingerprint density at radius 2 is 1.16 bits per heavy atom. The fourth-order valence-corrected chi connectivity index (χ4v) is 5.14. The third-order valence-electron chi connectivity index (χ3n) is 8.57. The van der Waals surface area contributed by atoms with Crippen LogP contribution in [0.5, 0.6) is 0 Å². The smallest absolute Gasteiger partial charge is 0.326 e. The molecule has 0 saturated carbocycles. The number of aliphatic imine (C=N–C) groups is 1. The van der Waals surface area contributed by atoms with E-state index in [4.69, 9.17) is 22.9 Å². The van der Waals surface area contributed by atoms with Gasteiger partial charge in [-0.05, 0) is 38.0 Å². The molecule has 0 radical (unpaired) electrons. The fourth-order valence-electron chi connectivity index (χ4n) is 4.88. The summed E-state index contributed by atoms with van der Waals surface area (Å²) in [5.41, 5.74) is 21.7. The molecule has 7 amide bonds. The number of carboxylic acid groups (broad SMARTS) is 2. The van der Waals surface area contributed by atoms with Crippen molar-refractivity contribution in [2.24, 2.45) is 39.8 Å². The molecule has 324 valence electrons. The number of hydrogen-bond donors (Lipinski definition) is 14. The Morgan fingerprint density at radius 3 is 1.63 bits per heavy atom. The van der Waals surface area contributed by atoms with E-state index in [0.29, 0.717) is 6.42 Å². The fraction of sp³-hybridized carbons (Fsp3) is 0.697. The molecule has 0 heterocycles. The number of nitrogens with zero attached hydrogens (tertiary/aromatic N) is 1. The Balaban J connectivity index is 6.13. The van der Waals surface area contributed by atoms with Gasteiger partial charge in [0.15, 0.2) is 5.96 Å². The lowest BCUT2D eigenvalue weighted by Gasteiger charge is -2.29. The number of carboxylic acids is 2. The Hall–Kier alpha value is -5.23. The minimum Gasteiger partial charge on any atom is -0.481 e. The maximum absolute atomic E-state index is 13.6. The minimum atomic E-state index is -1.73. The molecule has 0 fully saturated rings. The summed E-state index contributed by atoms with van der Waals surface area (Å²) in [5, 5.41) is 43.0. The third kappa shape index (κ3) is 19.5. The lowest BCUT2D eigenvalue weighted by atomic mass is 9.96. The molecule has 0 aliphatic rings. The zero-order valence-electron chi connectivity index (χ0n) is 32.7. The first-order valence-electron chi connectivity index (χ1n) is 18.1. The average molecular weight is 834 g/mol. The Kier molecular flexibility index (Phi) is 23.5. The maximum Gasteiger partial charge on any atom is 0.326 e. The molecule has 0 unspecified atom stereocenters. The predicted octanol–water partition coefficient (Wildman–Crippen LogP) is -4.89. The predicted molar refractivity (Wildman–Crippen MR) is 208 cm³/mol. The van der Waals surface area contributed by atoms with Crippen LogP contribution in [0.2, 0.25) is 0 Å². The highest BCUT2D eigenvalue weighted by Crippen LogP contribution is 2.12. The number of amides is 7. The van der Waals surface area contributed by atoms with Gasteiger partial charge in [-0.25, -0.2) is 4.79 Å². The van der Waals surface area contributed by atoms with Crippen LogP contribution in [0, 0.1) is 11.8 Å². The van der Waals surface area contributed by atoms with Crippen molar-refractivity contribution in [3.63, 3.8) is 0 Å². The van der Waals surface area contributed by atoms with E-state index in [-0.39, 0.29) is 37.7 Å². The second-order valence-corrected chi connectivity index (χ2v) is 14.1. The highest BCUT2D eigenvalue weighted by Gasteiger charge is 2.36. The van der Waals surface area contributed by atoms with Crippen molar-refractivity contribution in [3.8, 4) is 0 Å². The summed E-state index contributed by atoms with van der Waals surface area (Å²) in [6, 6.07) is -10.3. The number of nitrogens with two attached hydrogens (primary N) is 4. The number of nitrogens with one attached hydrogen (secondary N) is 6. The van der Waals surface area contributed by atoms with E-state index in [0.717, 1.165) is 6.92 Å². The number of carbonyl (C=O) groups is 9. The lowest BCUT2D eigenvalue weighted by Crippen LogP contribution is -2.62. The molecule has 0 spiro atoms. The van der Waals surface area contributed by atoms with Crippen LogP contribution >= 0.6 is 12.6 Å². The highest BCUT2D eigenvalue weighted by molar-refractivity contribution is 7.80. The molecule has 57 heavy (non-hydrogen) atoms. The molecule has 0 bridgehead atoms. The van der Waals surface area contributed by atoms with Crippen molar-refractivity contribution in [2.45, 2.75) is 122 Å². The highest BCUT2D eigenvalue weighted by atomic mass is 32.1. The molecule has 0 aromatic rings. The van der Waals surface area contributed by atoms with Gasteiger partial charge >= 0.3 is 11.9 Å².